The molecule has 0 aromatic carbocycles. The van der Waals surface area contributed by atoms with Gasteiger partial charge in [-0.15, -0.1) is 0 Å². The molecule has 0 unspecified atom stereocenters. The molecular formula is C17H27N5O. The Labute approximate surface area is 138 Å². The number of hydrogen-bond donors (Lipinski definition) is 2. The first-order valence-electron chi connectivity index (χ1n) is 8.06. The summed E-state index contributed by atoms with van der Waals surface area (Å²) < 4.78 is 0. The molecule has 2 aromatic rings. The summed E-state index contributed by atoms with van der Waals surface area (Å²) in [5.74, 6) is 1.60. The van der Waals surface area contributed by atoms with Gasteiger partial charge in [0.15, 0.2) is 11.6 Å². The van der Waals surface area contributed by atoms with E-state index in [1.807, 2.05) is 13.1 Å². The average Bonchev–Trinajstić information content (AvgIpc) is 2.43. The fraction of sp³-hybridized carbons (Fsp3) is 0.588. The Bertz CT molecular complexity index is 678. The molecule has 0 fully saturated rings. The van der Waals surface area contributed by atoms with Crippen LogP contribution in [0.4, 0.5) is 11.6 Å². The Balaban J connectivity index is 2.51. The summed E-state index contributed by atoms with van der Waals surface area (Å²) in [6.07, 6.45) is 2.21. The third-order valence-electron chi connectivity index (χ3n) is 3.46. The Morgan fingerprint density at radius 1 is 1.26 bits per heavy atom. The zero-order chi connectivity index (χ0) is 17.2. The number of pyridine rings is 1. The predicted molar refractivity (Wildman–Crippen MR) is 95.0 cm³/mol. The summed E-state index contributed by atoms with van der Waals surface area (Å²) in [7, 11) is 2.00. The van der Waals surface area contributed by atoms with Gasteiger partial charge in [0, 0.05) is 31.7 Å². The van der Waals surface area contributed by atoms with Gasteiger partial charge in [-0.25, -0.2) is 9.97 Å². The van der Waals surface area contributed by atoms with Crippen molar-refractivity contribution in [3.05, 3.63) is 18.0 Å². The zero-order valence-electron chi connectivity index (χ0n) is 14.9. The molecule has 0 spiro atoms. The number of nitrogens with zero attached hydrogens (tertiary/aromatic N) is 4. The van der Waals surface area contributed by atoms with Crippen LogP contribution < -0.4 is 10.2 Å². The minimum Gasteiger partial charge on any atom is -0.390 e. The van der Waals surface area contributed by atoms with Crippen molar-refractivity contribution in [3.63, 3.8) is 0 Å². The molecule has 0 aliphatic rings. The van der Waals surface area contributed by atoms with Crippen molar-refractivity contribution < 1.29 is 5.11 Å². The van der Waals surface area contributed by atoms with E-state index in [2.05, 4.69) is 41.0 Å². The third kappa shape index (κ3) is 4.51. The number of nitrogens with one attached hydrogen (secondary N) is 1. The quantitative estimate of drug-likeness (QED) is 0.853. The van der Waals surface area contributed by atoms with Gasteiger partial charge < -0.3 is 15.3 Å². The lowest BCUT2D eigenvalue weighted by atomic mass is 10.0. The molecule has 23 heavy (non-hydrogen) atoms. The maximum absolute atomic E-state index is 9.97. The molecule has 0 saturated carbocycles. The molecule has 6 nitrogen and oxygen atoms in total. The van der Waals surface area contributed by atoms with Crippen LogP contribution in [0, 0.1) is 0 Å². The van der Waals surface area contributed by atoms with Crippen LogP contribution in [-0.4, -0.2) is 45.3 Å². The molecule has 0 aliphatic heterocycles. The lowest BCUT2D eigenvalue weighted by molar-refractivity contribution is 0.0800. The summed E-state index contributed by atoms with van der Waals surface area (Å²) in [6, 6.07) is 2.18. The molecule has 2 heterocycles. The summed E-state index contributed by atoms with van der Waals surface area (Å²) >= 11 is 0. The molecule has 126 valence electrons. The Morgan fingerprint density at radius 3 is 2.52 bits per heavy atom. The number of rotatable bonds is 6. The van der Waals surface area contributed by atoms with Crippen LogP contribution in [0.25, 0.3) is 11.0 Å². The van der Waals surface area contributed by atoms with E-state index >= 15 is 0 Å². The van der Waals surface area contributed by atoms with Gasteiger partial charge in [-0.05, 0) is 40.7 Å². The van der Waals surface area contributed by atoms with Gasteiger partial charge in [0.1, 0.15) is 5.52 Å². The van der Waals surface area contributed by atoms with Crippen LogP contribution in [0.5, 0.6) is 0 Å². The van der Waals surface area contributed by atoms with Crippen molar-refractivity contribution in [3.8, 4) is 0 Å². The standard InChI is InChI=1S/C17H27N5O/c1-7-22(6)16-15(19-11(2)3)20-14-10-18-12(8-13(14)21-16)9-17(4,5)23/h8,10-11,23H,7,9H2,1-6H3,(H,19,20). The first kappa shape index (κ1) is 17.4. The maximum atomic E-state index is 9.97. The molecule has 0 amide bonds. The fourth-order valence-electron chi connectivity index (χ4n) is 2.32. The molecule has 0 atom stereocenters. The molecule has 2 aromatic heterocycles. The van der Waals surface area contributed by atoms with Gasteiger partial charge in [-0.2, -0.15) is 0 Å². The minimum absolute atomic E-state index is 0.271. The first-order chi connectivity index (χ1) is 10.7. The molecule has 0 aliphatic carbocycles. The molecule has 2 N–H and O–H groups in total. The van der Waals surface area contributed by atoms with E-state index in [9.17, 15) is 5.11 Å². The Kier molecular flexibility index (Phi) is 5.04. The molecule has 2 rings (SSSR count). The Morgan fingerprint density at radius 2 is 1.96 bits per heavy atom. The van der Waals surface area contributed by atoms with Crippen molar-refractivity contribution in [1.29, 1.82) is 0 Å². The predicted octanol–water partition coefficient (Wildman–Crippen LogP) is 2.61. The molecule has 0 saturated heterocycles. The van der Waals surface area contributed by atoms with Crippen LogP contribution >= 0.6 is 0 Å². The number of aliphatic hydroxyl groups is 1. The van der Waals surface area contributed by atoms with Gasteiger partial charge in [0.25, 0.3) is 0 Å². The fourth-order valence-corrected chi connectivity index (χ4v) is 2.32. The highest BCUT2D eigenvalue weighted by atomic mass is 16.3. The van der Waals surface area contributed by atoms with Crippen molar-refractivity contribution in [2.45, 2.75) is 52.7 Å². The van der Waals surface area contributed by atoms with E-state index in [1.165, 1.54) is 0 Å². The van der Waals surface area contributed by atoms with Crippen molar-refractivity contribution in [2.24, 2.45) is 0 Å². The van der Waals surface area contributed by atoms with E-state index < -0.39 is 5.60 Å². The number of aromatic nitrogens is 3. The third-order valence-corrected chi connectivity index (χ3v) is 3.46. The highest BCUT2D eigenvalue weighted by Crippen LogP contribution is 2.25. The molecule has 6 heteroatoms. The Hall–Kier alpha value is -1.95. The van der Waals surface area contributed by atoms with E-state index in [1.54, 1.807) is 20.0 Å². The average molecular weight is 317 g/mol. The van der Waals surface area contributed by atoms with Crippen molar-refractivity contribution >= 4 is 22.7 Å². The zero-order valence-corrected chi connectivity index (χ0v) is 14.9. The van der Waals surface area contributed by atoms with Crippen LogP contribution in [0.2, 0.25) is 0 Å². The van der Waals surface area contributed by atoms with Gasteiger partial charge in [0.2, 0.25) is 0 Å². The van der Waals surface area contributed by atoms with Crippen molar-refractivity contribution in [2.75, 3.05) is 23.8 Å². The van der Waals surface area contributed by atoms with E-state index in [-0.39, 0.29) is 6.04 Å². The minimum atomic E-state index is -0.795. The SMILES string of the molecule is CCN(C)c1nc2cc(CC(C)(C)O)ncc2nc1NC(C)C. The molecule has 0 bridgehead atoms. The van der Waals surface area contributed by atoms with Gasteiger partial charge in [0.05, 0.1) is 17.3 Å². The first-order valence-corrected chi connectivity index (χ1v) is 8.06. The maximum Gasteiger partial charge on any atom is 0.172 e. The smallest absolute Gasteiger partial charge is 0.172 e. The van der Waals surface area contributed by atoms with Crippen LogP contribution in [0.3, 0.4) is 0 Å². The largest absolute Gasteiger partial charge is 0.390 e. The summed E-state index contributed by atoms with van der Waals surface area (Å²) in [5, 5.41) is 13.3. The normalized spacial score (nSPS) is 12.0. The second-order valence-electron chi connectivity index (χ2n) is 6.86. The number of hydrogen-bond acceptors (Lipinski definition) is 6. The van der Waals surface area contributed by atoms with E-state index in [0.717, 1.165) is 34.9 Å². The van der Waals surface area contributed by atoms with Gasteiger partial charge >= 0.3 is 0 Å². The van der Waals surface area contributed by atoms with Crippen LogP contribution in [0.15, 0.2) is 12.3 Å². The van der Waals surface area contributed by atoms with Crippen LogP contribution in [-0.2, 0) is 6.42 Å². The highest BCUT2D eigenvalue weighted by Gasteiger charge is 2.17. The van der Waals surface area contributed by atoms with Crippen LogP contribution in [0.1, 0.15) is 40.3 Å². The van der Waals surface area contributed by atoms with Gasteiger partial charge in [-0.3, -0.25) is 4.98 Å². The second-order valence-corrected chi connectivity index (χ2v) is 6.86. The second kappa shape index (κ2) is 6.66. The summed E-state index contributed by atoms with van der Waals surface area (Å²) in [6.45, 7) is 10.6. The summed E-state index contributed by atoms with van der Waals surface area (Å²) in [4.78, 5) is 15.9. The topological polar surface area (TPSA) is 74.2 Å². The summed E-state index contributed by atoms with van der Waals surface area (Å²) in [5.41, 5.74) is 1.56. The number of anilines is 2. The number of fused-ring (bicyclic) bond motifs is 1. The molecular weight excluding hydrogens is 290 g/mol. The van der Waals surface area contributed by atoms with E-state index in [0.29, 0.717) is 6.42 Å². The van der Waals surface area contributed by atoms with E-state index in [4.69, 9.17) is 4.98 Å². The lowest BCUT2D eigenvalue weighted by Gasteiger charge is -2.21. The highest BCUT2D eigenvalue weighted by molar-refractivity contribution is 5.80. The molecule has 0 radical (unpaired) electrons. The monoisotopic (exact) mass is 317 g/mol. The lowest BCUT2D eigenvalue weighted by Crippen LogP contribution is -2.23. The van der Waals surface area contributed by atoms with Crippen molar-refractivity contribution in [1.82, 2.24) is 15.0 Å². The van der Waals surface area contributed by atoms with Gasteiger partial charge in [-0.1, -0.05) is 0 Å².